The van der Waals surface area contributed by atoms with E-state index in [0.29, 0.717) is 5.69 Å². The van der Waals surface area contributed by atoms with Gasteiger partial charge in [-0.2, -0.15) is 11.8 Å². The van der Waals surface area contributed by atoms with Crippen LogP contribution >= 0.6 is 11.8 Å². The third kappa shape index (κ3) is 5.19. The summed E-state index contributed by atoms with van der Waals surface area (Å²) in [6.07, 6.45) is -0.0703. The number of nitrogens with two attached hydrogens (primary N) is 1. The Morgan fingerprint density at radius 3 is 2.63 bits per heavy atom. The lowest BCUT2D eigenvalue weighted by molar-refractivity contribution is 0.231. The Balaban J connectivity index is 2.82. The van der Waals surface area contributed by atoms with Crippen molar-refractivity contribution in [3.8, 4) is 5.75 Å². The number of hydrogen-bond donors (Lipinski definition) is 2. The summed E-state index contributed by atoms with van der Waals surface area (Å²) in [7, 11) is 0. The molecule has 0 aliphatic carbocycles. The molecule has 3 N–H and O–H groups in total. The maximum atomic E-state index is 13.7. The van der Waals surface area contributed by atoms with Gasteiger partial charge < -0.3 is 15.8 Å². The van der Waals surface area contributed by atoms with E-state index < -0.39 is 5.82 Å². The number of nitrogens with one attached hydrogen (secondary N) is 1. The van der Waals surface area contributed by atoms with Crippen LogP contribution in [0.5, 0.6) is 5.75 Å². The topological polar surface area (TPSA) is 47.3 Å². The van der Waals surface area contributed by atoms with Crippen molar-refractivity contribution in [3.63, 3.8) is 0 Å². The second-order valence-corrected chi connectivity index (χ2v) is 6.06. The van der Waals surface area contributed by atoms with Crippen LogP contribution in [-0.4, -0.2) is 23.7 Å². The van der Waals surface area contributed by atoms with E-state index in [4.69, 9.17) is 10.5 Å². The molecule has 1 rings (SSSR count). The van der Waals surface area contributed by atoms with Gasteiger partial charge in [-0.05, 0) is 26.5 Å². The van der Waals surface area contributed by atoms with Gasteiger partial charge in [-0.3, -0.25) is 0 Å². The standard InChI is InChI=1S/C14H23FN2OS/c1-5-19-8-10(4)17-13-7-14(18-9(2)3)11(15)6-12(13)16/h6-7,9-10,17H,5,8,16H2,1-4H3. The summed E-state index contributed by atoms with van der Waals surface area (Å²) in [6, 6.07) is 3.21. The molecule has 5 heteroatoms. The SMILES string of the molecule is CCSCC(C)Nc1cc(OC(C)C)c(F)cc1N. The minimum absolute atomic E-state index is 0.0703. The van der Waals surface area contributed by atoms with Crippen LogP contribution in [0.1, 0.15) is 27.7 Å². The van der Waals surface area contributed by atoms with Crippen LogP contribution in [0.3, 0.4) is 0 Å². The van der Waals surface area contributed by atoms with Crippen molar-refractivity contribution in [1.82, 2.24) is 0 Å². The summed E-state index contributed by atoms with van der Waals surface area (Å²) in [5.74, 6) is 1.87. The fraction of sp³-hybridized carbons (Fsp3) is 0.571. The molecule has 0 aromatic heterocycles. The number of anilines is 2. The van der Waals surface area contributed by atoms with Crippen molar-refractivity contribution in [2.45, 2.75) is 39.8 Å². The Bertz CT molecular complexity index is 413. The van der Waals surface area contributed by atoms with Crippen LogP contribution in [0, 0.1) is 5.82 Å². The molecule has 1 aromatic carbocycles. The summed E-state index contributed by atoms with van der Waals surface area (Å²) in [5, 5.41) is 3.29. The Labute approximate surface area is 119 Å². The predicted molar refractivity (Wildman–Crippen MR) is 82.7 cm³/mol. The van der Waals surface area contributed by atoms with Crippen molar-refractivity contribution in [1.29, 1.82) is 0 Å². The Hall–Kier alpha value is -1.10. The Morgan fingerprint density at radius 1 is 1.37 bits per heavy atom. The van der Waals surface area contributed by atoms with E-state index in [2.05, 4.69) is 19.2 Å². The van der Waals surface area contributed by atoms with Gasteiger partial charge in [-0.25, -0.2) is 4.39 Å². The molecule has 0 amide bonds. The summed E-state index contributed by atoms with van der Waals surface area (Å²) in [5.41, 5.74) is 6.96. The van der Waals surface area contributed by atoms with Gasteiger partial charge in [0.1, 0.15) is 0 Å². The van der Waals surface area contributed by atoms with Crippen LogP contribution in [0.4, 0.5) is 15.8 Å². The number of hydrogen-bond acceptors (Lipinski definition) is 4. The highest BCUT2D eigenvalue weighted by atomic mass is 32.2. The van der Waals surface area contributed by atoms with E-state index >= 15 is 0 Å². The maximum Gasteiger partial charge on any atom is 0.167 e. The Morgan fingerprint density at radius 2 is 2.05 bits per heavy atom. The predicted octanol–water partition coefficient (Wildman–Crippen LogP) is 3.75. The Kier molecular flexibility index (Phi) is 6.28. The number of ether oxygens (including phenoxy) is 1. The van der Waals surface area contributed by atoms with Gasteiger partial charge in [-0.1, -0.05) is 6.92 Å². The maximum absolute atomic E-state index is 13.7. The molecule has 0 aliphatic rings. The fourth-order valence-electron chi connectivity index (χ4n) is 1.64. The summed E-state index contributed by atoms with van der Waals surface area (Å²) in [6.45, 7) is 7.93. The minimum Gasteiger partial charge on any atom is -0.488 e. The van der Waals surface area contributed by atoms with Crippen LogP contribution in [0.25, 0.3) is 0 Å². The molecule has 1 unspecified atom stereocenters. The minimum atomic E-state index is -0.424. The first-order chi connectivity index (χ1) is 8.93. The molecule has 3 nitrogen and oxygen atoms in total. The van der Waals surface area contributed by atoms with Gasteiger partial charge in [0.15, 0.2) is 11.6 Å². The molecular formula is C14H23FN2OS. The first-order valence-corrected chi connectivity index (χ1v) is 7.69. The second-order valence-electron chi connectivity index (χ2n) is 4.74. The monoisotopic (exact) mass is 286 g/mol. The molecule has 1 aromatic rings. The molecule has 0 saturated heterocycles. The van der Waals surface area contributed by atoms with Crippen molar-refractivity contribution < 1.29 is 9.13 Å². The normalized spacial score (nSPS) is 12.5. The van der Waals surface area contributed by atoms with Crippen LogP contribution in [-0.2, 0) is 0 Å². The van der Waals surface area contributed by atoms with Gasteiger partial charge >= 0.3 is 0 Å². The fourth-order valence-corrected chi connectivity index (χ4v) is 2.31. The molecule has 19 heavy (non-hydrogen) atoms. The average Bonchev–Trinajstić information content (AvgIpc) is 2.32. The van der Waals surface area contributed by atoms with E-state index in [1.807, 2.05) is 25.6 Å². The molecule has 0 saturated carbocycles. The van der Waals surface area contributed by atoms with Gasteiger partial charge in [0.25, 0.3) is 0 Å². The number of nitrogen functional groups attached to an aromatic ring is 1. The van der Waals surface area contributed by atoms with E-state index in [1.54, 1.807) is 6.07 Å². The zero-order chi connectivity index (χ0) is 14.4. The van der Waals surface area contributed by atoms with E-state index in [9.17, 15) is 4.39 Å². The molecule has 0 spiro atoms. The molecule has 0 radical (unpaired) electrons. The van der Waals surface area contributed by atoms with Crippen LogP contribution < -0.4 is 15.8 Å². The van der Waals surface area contributed by atoms with Crippen LogP contribution in [0.2, 0.25) is 0 Å². The van der Waals surface area contributed by atoms with E-state index in [0.717, 1.165) is 17.2 Å². The summed E-state index contributed by atoms with van der Waals surface area (Å²) in [4.78, 5) is 0. The van der Waals surface area contributed by atoms with Crippen molar-refractivity contribution in [3.05, 3.63) is 17.9 Å². The van der Waals surface area contributed by atoms with Crippen molar-refractivity contribution in [2.24, 2.45) is 0 Å². The summed E-state index contributed by atoms with van der Waals surface area (Å²) < 4.78 is 19.1. The lowest BCUT2D eigenvalue weighted by atomic mass is 10.2. The second kappa shape index (κ2) is 7.48. The van der Waals surface area contributed by atoms with Gasteiger partial charge in [0, 0.05) is 23.9 Å². The smallest absolute Gasteiger partial charge is 0.167 e. The van der Waals surface area contributed by atoms with Gasteiger partial charge in [0.05, 0.1) is 17.5 Å². The molecule has 1 atom stereocenters. The number of thioether (sulfide) groups is 1. The third-order valence-electron chi connectivity index (χ3n) is 2.44. The molecular weight excluding hydrogens is 263 g/mol. The highest BCUT2D eigenvalue weighted by Gasteiger charge is 2.12. The first-order valence-electron chi connectivity index (χ1n) is 6.54. The third-order valence-corrected chi connectivity index (χ3v) is 3.58. The zero-order valence-corrected chi connectivity index (χ0v) is 12.8. The number of benzene rings is 1. The number of rotatable bonds is 7. The average molecular weight is 286 g/mol. The highest BCUT2D eigenvalue weighted by Crippen LogP contribution is 2.29. The molecule has 0 bridgehead atoms. The van der Waals surface area contributed by atoms with E-state index in [-0.39, 0.29) is 17.9 Å². The first kappa shape index (κ1) is 16.0. The summed E-state index contributed by atoms with van der Waals surface area (Å²) >= 11 is 1.85. The molecule has 0 fully saturated rings. The van der Waals surface area contributed by atoms with E-state index in [1.165, 1.54) is 6.07 Å². The largest absolute Gasteiger partial charge is 0.488 e. The van der Waals surface area contributed by atoms with Crippen LogP contribution in [0.15, 0.2) is 12.1 Å². The lowest BCUT2D eigenvalue weighted by Gasteiger charge is -2.18. The molecule has 108 valence electrons. The van der Waals surface area contributed by atoms with Crippen molar-refractivity contribution in [2.75, 3.05) is 22.6 Å². The lowest BCUT2D eigenvalue weighted by Crippen LogP contribution is -2.19. The van der Waals surface area contributed by atoms with Gasteiger partial charge in [0.2, 0.25) is 0 Å². The molecule has 0 aliphatic heterocycles. The molecule has 0 heterocycles. The van der Waals surface area contributed by atoms with Gasteiger partial charge in [-0.15, -0.1) is 0 Å². The zero-order valence-electron chi connectivity index (χ0n) is 12.0. The number of halogens is 1. The quantitative estimate of drug-likeness (QED) is 0.749. The van der Waals surface area contributed by atoms with Crippen molar-refractivity contribution >= 4 is 23.1 Å². The highest BCUT2D eigenvalue weighted by molar-refractivity contribution is 7.99.